The average Bonchev–Trinajstić information content (AvgIpc) is 4.02. The number of benzene rings is 4. The molecule has 4 aromatic carbocycles. The van der Waals surface area contributed by atoms with Crippen LogP contribution in [0.2, 0.25) is 0 Å². The average molecular weight is 1020 g/mol. The number of hydrogen-bond donors (Lipinski definition) is 3. The van der Waals surface area contributed by atoms with E-state index in [-0.39, 0.29) is 115 Å². The molecule has 386 valence electrons. The van der Waals surface area contributed by atoms with Gasteiger partial charge in [-0.05, 0) is 131 Å². The molecular formula is C56H55N7O12. The van der Waals surface area contributed by atoms with Gasteiger partial charge in [0.05, 0.1) is 47.1 Å². The lowest BCUT2D eigenvalue weighted by Crippen LogP contribution is -2.49. The Morgan fingerprint density at radius 2 is 1.57 bits per heavy atom. The zero-order valence-electron chi connectivity index (χ0n) is 42.2. The Balaban J connectivity index is 0.808. The van der Waals surface area contributed by atoms with Crippen LogP contribution < -0.4 is 10.3 Å². The van der Waals surface area contributed by atoms with E-state index in [1.54, 1.807) is 96.1 Å². The molecule has 1 saturated heterocycles. The zero-order valence-corrected chi connectivity index (χ0v) is 42.2. The first-order valence-corrected chi connectivity index (χ1v) is 24.8. The lowest BCUT2D eigenvalue weighted by Gasteiger charge is -2.38. The number of phenolic OH excluding ortho intramolecular Hbond substituents is 3. The fraction of sp³-hybridized carbons (Fsp3) is 0.321. The third kappa shape index (κ3) is 8.95. The summed E-state index contributed by atoms with van der Waals surface area (Å²) < 4.78 is 26.2. The standard InChI is InChI=1S/C56H55N7O12/c1-7-56(42-25-44-48-33(27-62(44)52(68)41(42)29-73-55(56)71)23-38-40(28-60(5)6)45(64)18-17-43(38)57-48)75-53(69)32-19-21-61(22-20-32)51(67)31-9-13-35(14-10-31)74-36-15-11-34(12-16-36)63-49(58-59-50(63)54(70)72-8-2)39-24-37(30(3)4)46(65)26-47(39)66/h9-18,23-26,30,32,64-66H,7-8,19-22,27-29H2,1-6H3. The first kappa shape index (κ1) is 50.0. The smallest absolute Gasteiger partial charge is 0.376 e. The molecule has 6 heterocycles. The summed E-state index contributed by atoms with van der Waals surface area (Å²) in [6, 6.07) is 23.2. The summed E-state index contributed by atoms with van der Waals surface area (Å²) in [7, 11) is 3.82. The minimum Gasteiger partial charge on any atom is -0.508 e. The van der Waals surface area contributed by atoms with Crippen LogP contribution in [0.1, 0.15) is 102 Å². The van der Waals surface area contributed by atoms with Crippen molar-refractivity contribution >= 4 is 34.7 Å². The van der Waals surface area contributed by atoms with E-state index in [0.717, 1.165) is 16.5 Å². The van der Waals surface area contributed by atoms with Gasteiger partial charge in [0.15, 0.2) is 5.82 Å². The maximum atomic E-state index is 14.2. The monoisotopic (exact) mass is 1020 g/mol. The Bertz CT molecular complexity index is 3500. The van der Waals surface area contributed by atoms with Gasteiger partial charge in [-0.1, -0.05) is 20.8 Å². The molecule has 0 bridgehead atoms. The number of hydrogen-bond acceptors (Lipinski definition) is 16. The predicted octanol–water partition coefficient (Wildman–Crippen LogP) is 7.70. The summed E-state index contributed by atoms with van der Waals surface area (Å²) in [6.07, 6.45) is 0.564. The molecule has 0 spiro atoms. The topological polar surface area (TPSA) is 238 Å². The molecule has 0 saturated carbocycles. The molecule has 1 atom stereocenters. The van der Waals surface area contributed by atoms with Crippen molar-refractivity contribution in [2.75, 3.05) is 33.8 Å². The van der Waals surface area contributed by atoms with E-state index < -0.39 is 29.4 Å². The minimum absolute atomic E-state index is 0.0105. The zero-order chi connectivity index (χ0) is 53.0. The number of carbonyl (C=O) groups is 4. The highest BCUT2D eigenvalue weighted by atomic mass is 16.6. The highest BCUT2D eigenvalue weighted by Crippen LogP contribution is 2.43. The number of pyridine rings is 2. The lowest BCUT2D eigenvalue weighted by atomic mass is 9.85. The van der Waals surface area contributed by atoms with E-state index in [9.17, 15) is 39.3 Å². The van der Waals surface area contributed by atoms with Crippen molar-refractivity contribution in [3.05, 3.63) is 134 Å². The van der Waals surface area contributed by atoms with Crippen LogP contribution in [0, 0.1) is 5.92 Å². The first-order valence-electron chi connectivity index (χ1n) is 24.8. The summed E-state index contributed by atoms with van der Waals surface area (Å²) in [4.78, 5) is 77.4. The number of nitrogens with zero attached hydrogens (tertiary/aromatic N) is 7. The van der Waals surface area contributed by atoms with Gasteiger partial charge in [0, 0.05) is 59.0 Å². The number of aromatic hydroxyl groups is 3. The van der Waals surface area contributed by atoms with Crippen molar-refractivity contribution in [3.8, 4) is 57.2 Å². The van der Waals surface area contributed by atoms with Gasteiger partial charge in [-0.15, -0.1) is 10.2 Å². The number of piperidine rings is 1. The van der Waals surface area contributed by atoms with Crippen molar-refractivity contribution in [3.63, 3.8) is 0 Å². The normalized spacial score (nSPS) is 16.2. The van der Waals surface area contributed by atoms with E-state index >= 15 is 0 Å². The molecule has 1 amide bonds. The molecule has 3 aromatic heterocycles. The summed E-state index contributed by atoms with van der Waals surface area (Å²) >= 11 is 0. The number of cyclic esters (lactones) is 1. The van der Waals surface area contributed by atoms with Gasteiger partial charge in [0.25, 0.3) is 11.5 Å². The van der Waals surface area contributed by atoms with Crippen LogP contribution in [0.25, 0.3) is 39.4 Å². The SMILES string of the molecule is CCOC(=O)c1nnc(-c2cc(C(C)C)c(O)cc2O)n1-c1ccc(Oc2ccc(C(=O)N3CCC(C(=O)OC4(CC)C(=O)OCc5c4cc4n(c5=O)Cc5cc6c(CN(C)C)c(O)ccc6nc5-4)CC3)cc2)cc1. The van der Waals surface area contributed by atoms with Crippen molar-refractivity contribution in [1.82, 2.24) is 34.1 Å². The second-order valence-corrected chi connectivity index (χ2v) is 19.5. The van der Waals surface area contributed by atoms with Gasteiger partial charge in [-0.2, -0.15) is 0 Å². The molecule has 19 nitrogen and oxygen atoms in total. The summed E-state index contributed by atoms with van der Waals surface area (Å²) in [6.45, 7) is 8.20. The highest BCUT2D eigenvalue weighted by molar-refractivity contribution is 5.95. The Hall–Kier alpha value is -8.58. The number of aromatic nitrogens is 5. The fourth-order valence-corrected chi connectivity index (χ4v) is 10.2. The van der Waals surface area contributed by atoms with Crippen LogP contribution in [0.15, 0.2) is 89.7 Å². The van der Waals surface area contributed by atoms with E-state index in [1.165, 1.54) is 10.6 Å². The predicted molar refractivity (Wildman–Crippen MR) is 273 cm³/mol. The van der Waals surface area contributed by atoms with Crippen LogP contribution in [0.5, 0.6) is 28.7 Å². The van der Waals surface area contributed by atoms with Gasteiger partial charge in [0.2, 0.25) is 11.4 Å². The van der Waals surface area contributed by atoms with Crippen molar-refractivity contribution < 1.29 is 53.4 Å². The highest BCUT2D eigenvalue weighted by Gasteiger charge is 2.51. The van der Waals surface area contributed by atoms with Crippen molar-refractivity contribution in [1.29, 1.82) is 0 Å². The van der Waals surface area contributed by atoms with Gasteiger partial charge >= 0.3 is 17.9 Å². The molecule has 3 N–H and O–H groups in total. The van der Waals surface area contributed by atoms with Crippen molar-refractivity contribution in [2.45, 2.75) is 78.2 Å². The van der Waals surface area contributed by atoms with E-state index in [1.807, 2.05) is 38.9 Å². The second kappa shape index (κ2) is 19.7. The molecule has 0 aliphatic carbocycles. The number of amides is 1. The molecule has 10 rings (SSSR count). The molecule has 1 fully saturated rings. The number of esters is 3. The maximum Gasteiger partial charge on any atom is 0.376 e. The summed E-state index contributed by atoms with van der Waals surface area (Å²) in [5.41, 5.74) is 3.12. The maximum absolute atomic E-state index is 14.2. The van der Waals surface area contributed by atoms with Gasteiger partial charge < -0.3 is 48.6 Å². The quantitative estimate of drug-likeness (QED) is 0.0741. The Kier molecular flexibility index (Phi) is 13.1. The number of likely N-dealkylation sites (tertiary alicyclic amines) is 1. The number of carbonyl (C=O) groups excluding carboxylic acids is 4. The molecular weight excluding hydrogens is 963 g/mol. The number of rotatable bonds is 13. The summed E-state index contributed by atoms with van der Waals surface area (Å²) in [5.74, 6) is -2.34. The van der Waals surface area contributed by atoms with Gasteiger partial charge in [-0.25, -0.2) is 14.6 Å². The molecule has 19 heteroatoms. The van der Waals surface area contributed by atoms with Gasteiger partial charge in [-0.3, -0.25) is 19.0 Å². The van der Waals surface area contributed by atoms with Crippen LogP contribution >= 0.6 is 0 Å². The lowest BCUT2D eigenvalue weighted by molar-refractivity contribution is -0.192. The number of ether oxygens (including phenoxy) is 4. The molecule has 1 unspecified atom stereocenters. The second-order valence-electron chi connectivity index (χ2n) is 19.5. The van der Waals surface area contributed by atoms with Crippen molar-refractivity contribution in [2.24, 2.45) is 5.92 Å². The number of fused-ring (bicyclic) bond motifs is 5. The Labute approximate surface area is 430 Å². The van der Waals surface area contributed by atoms with E-state index in [0.29, 0.717) is 51.8 Å². The van der Waals surface area contributed by atoms with Gasteiger partial charge in [0.1, 0.15) is 35.4 Å². The Morgan fingerprint density at radius 1 is 0.867 bits per heavy atom. The first-order chi connectivity index (χ1) is 36.0. The molecule has 3 aliphatic heterocycles. The van der Waals surface area contributed by atoms with E-state index in [4.69, 9.17) is 23.9 Å². The van der Waals surface area contributed by atoms with Crippen LogP contribution in [-0.4, -0.2) is 107 Å². The Morgan fingerprint density at radius 3 is 2.24 bits per heavy atom. The molecule has 0 radical (unpaired) electrons. The summed E-state index contributed by atoms with van der Waals surface area (Å²) in [5, 5.41) is 41.2. The largest absolute Gasteiger partial charge is 0.508 e. The molecule has 7 aromatic rings. The van der Waals surface area contributed by atoms with Crippen LogP contribution in [-0.2, 0) is 49.1 Å². The molecule has 3 aliphatic rings. The fourth-order valence-electron chi connectivity index (χ4n) is 10.2. The third-order valence-electron chi connectivity index (χ3n) is 14.2. The van der Waals surface area contributed by atoms with Crippen LogP contribution in [0.4, 0.5) is 0 Å². The third-order valence-corrected chi connectivity index (χ3v) is 14.2. The van der Waals surface area contributed by atoms with E-state index in [2.05, 4.69) is 10.2 Å². The minimum atomic E-state index is -1.88. The number of phenols is 3. The van der Waals surface area contributed by atoms with Crippen LogP contribution in [0.3, 0.4) is 0 Å². The molecule has 75 heavy (non-hydrogen) atoms.